The van der Waals surface area contributed by atoms with E-state index in [1.165, 1.54) is 17.1 Å². The summed E-state index contributed by atoms with van der Waals surface area (Å²) >= 11 is 1.37. The van der Waals surface area contributed by atoms with Crippen molar-refractivity contribution in [2.75, 3.05) is 19.0 Å². The van der Waals surface area contributed by atoms with Crippen molar-refractivity contribution in [3.63, 3.8) is 0 Å². The summed E-state index contributed by atoms with van der Waals surface area (Å²) in [5, 5.41) is 11.1. The van der Waals surface area contributed by atoms with E-state index in [-0.39, 0.29) is 0 Å². The van der Waals surface area contributed by atoms with Gasteiger partial charge in [0, 0.05) is 30.9 Å². The molecule has 0 aliphatic carbocycles. The second kappa shape index (κ2) is 6.46. The molecule has 98 valence electrons. The van der Waals surface area contributed by atoms with Gasteiger partial charge in [0.25, 0.3) is 0 Å². The zero-order valence-electron chi connectivity index (χ0n) is 10.6. The van der Waals surface area contributed by atoms with Crippen LogP contribution in [0.4, 0.5) is 5.13 Å². The van der Waals surface area contributed by atoms with Crippen LogP contribution in [-0.2, 0) is 17.8 Å². The van der Waals surface area contributed by atoms with Crippen LogP contribution in [0.3, 0.4) is 0 Å². The molecule has 18 heavy (non-hydrogen) atoms. The van der Waals surface area contributed by atoms with Gasteiger partial charge < -0.3 is 10.1 Å². The molecule has 0 radical (unpaired) electrons. The maximum Gasteiger partial charge on any atom is 0.202 e. The number of ether oxygens (including phenoxy) is 1. The predicted molar refractivity (Wildman–Crippen MR) is 70.8 cm³/mol. The highest BCUT2D eigenvalue weighted by Gasteiger charge is 2.03. The van der Waals surface area contributed by atoms with Crippen molar-refractivity contribution in [1.29, 1.82) is 0 Å². The Morgan fingerprint density at radius 1 is 1.50 bits per heavy atom. The van der Waals surface area contributed by atoms with E-state index in [0.717, 1.165) is 36.0 Å². The van der Waals surface area contributed by atoms with E-state index in [1.807, 2.05) is 13.1 Å². The van der Waals surface area contributed by atoms with E-state index < -0.39 is 0 Å². The largest absolute Gasteiger partial charge is 0.377 e. The fourth-order valence-corrected chi connectivity index (χ4v) is 2.21. The van der Waals surface area contributed by atoms with Crippen LogP contribution in [-0.4, -0.2) is 33.2 Å². The minimum absolute atomic E-state index is 0.465. The molecule has 2 aromatic heterocycles. The molecule has 7 heteroatoms. The van der Waals surface area contributed by atoms with Gasteiger partial charge >= 0.3 is 0 Å². The lowest BCUT2D eigenvalue weighted by Crippen LogP contribution is -2.03. The molecule has 0 fully saturated rings. The third kappa shape index (κ3) is 3.51. The predicted octanol–water partition coefficient (Wildman–Crippen LogP) is 1.76. The summed E-state index contributed by atoms with van der Waals surface area (Å²) in [5.74, 6) is 0.732. The molecule has 0 atom stereocenters. The number of rotatable bonds is 7. The first-order valence-corrected chi connectivity index (χ1v) is 6.61. The first-order valence-electron chi connectivity index (χ1n) is 5.84. The average molecular weight is 267 g/mol. The lowest BCUT2D eigenvalue weighted by Gasteiger charge is -2.01. The third-order valence-corrected chi connectivity index (χ3v) is 3.29. The van der Waals surface area contributed by atoms with Gasteiger partial charge in [-0.1, -0.05) is 0 Å². The molecule has 2 heterocycles. The topological polar surface area (TPSA) is 75.7 Å². The van der Waals surface area contributed by atoms with Crippen molar-refractivity contribution in [1.82, 2.24) is 19.6 Å². The van der Waals surface area contributed by atoms with Gasteiger partial charge in [-0.3, -0.25) is 5.10 Å². The van der Waals surface area contributed by atoms with Gasteiger partial charge in [0.05, 0.1) is 6.20 Å². The maximum atomic E-state index is 4.97. The molecule has 0 unspecified atom stereocenters. The maximum absolute atomic E-state index is 4.97. The van der Waals surface area contributed by atoms with Gasteiger partial charge in [-0.25, -0.2) is 4.98 Å². The second-order valence-corrected chi connectivity index (χ2v) is 4.75. The quantitative estimate of drug-likeness (QED) is 0.748. The first-order chi connectivity index (χ1) is 8.79. The zero-order valence-corrected chi connectivity index (χ0v) is 11.4. The Morgan fingerprint density at radius 3 is 3.11 bits per heavy atom. The third-order valence-electron chi connectivity index (χ3n) is 2.57. The number of aromatic nitrogens is 4. The van der Waals surface area contributed by atoms with Crippen LogP contribution >= 0.6 is 11.5 Å². The SMILES string of the molecule is COCc1nsc(NCCCc2cn[nH]c2C)n1. The number of hydrogen-bond donors (Lipinski definition) is 2. The second-order valence-electron chi connectivity index (χ2n) is 4.00. The van der Waals surface area contributed by atoms with Crippen molar-refractivity contribution in [2.24, 2.45) is 0 Å². The van der Waals surface area contributed by atoms with Gasteiger partial charge in [-0.2, -0.15) is 9.47 Å². The van der Waals surface area contributed by atoms with Crippen LogP contribution in [0, 0.1) is 6.92 Å². The van der Waals surface area contributed by atoms with Crippen molar-refractivity contribution >= 4 is 16.7 Å². The number of nitrogens with one attached hydrogen (secondary N) is 2. The molecular weight excluding hydrogens is 250 g/mol. The number of anilines is 1. The average Bonchev–Trinajstić information content (AvgIpc) is 2.95. The molecule has 0 aliphatic heterocycles. The molecule has 0 spiro atoms. The number of aryl methyl sites for hydroxylation is 2. The highest BCUT2D eigenvalue weighted by molar-refractivity contribution is 7.09. The van der Waals surface area contributed by atoms with E-state index in [9.17, 15) is 0 Å². The molecule has 0 aliphatic rings. The van der Waals surface area contributed by atoms with E-state index in [2.05, 4.69) is 24.9 Å². The standard InChI is InChI=1S/C11H17N5OS/c1-8-9(6-13-15-8)4-3-5-12-11-14-10(7-17-2)16-18-11/h6H,3-5,7H2,1-2H3,(H,13,15)(H,12,14,16). The van der Waals surface area contributed by atoms with E-state index in [1.54, 1.807) is 7.11 Å². The fourth-order valence-electron chi connectivity index (χ4n) is 1.62. The Morgan fingerprint density at radius 2 is 2.39 bits per heavy atom. The van der Waals surface area contributed by atoms with E-state index in [4.69, 9.17) is 4.74 Å². The minimum Gasteiger partial charge on any atom is -0.377 e. The lowest BCUT2D eigenvalue weighted by atomic mass is 10.1. The molecule has 0 amide bonds. The Hall–Kier alpha value is -1.47. The van der Waals surface area contributed by atoms with Crippen LogP contribution in [0.2, 0.25) is 0 Å². The summed E-state index contributed by atoms with van der Waals surface area (Å²) in [7, 11) is 1.64. The van der Waals surface area contributed by atoms with Gasteiger partial charge in [0.1, 0.15) is 6.61 Å². The molecular formula is C11H17N5OS. The minimum atomic E-state index is 0.465. The molecule has 0 bridgehead atoms. The normalized spacial score (nSPS) is 10.8. The van der Waals surface area contributed by atoms with Gasteiger partial charge in [0.15, 0.2) is 5.82 Å². The van der Waals surface area contributed by atoms with Crippen molar-refractivity contribution < 1.29 is 4.74 Å². The van der Waals surface area contributed by atoms with E-state index >= 15 is 0 Å². The molecule has 0 saturated carbocycles. The highest BCUT2D eigenvalue weighted by atomic mass is 32.1. The van der Waals surface area contributed by atoms with Crippen LogP contribution in [0.1, 0.15) is 23.5 Å². The first kappa shape index (κ1) is 13.0. The van der Waals surface area contributed by atoms with Crippen molar-refractivity contribution in [3.05, 3.63) is 23.3 Å². The molecule has 2 rings (SSSR count). The zero-order chi connectivity index (χ0) is 12.8. The highest BCUT2D eigenvalue weighted by Crippen LogP contribution is 2.12. The molecule has 2 N–H and O–H groups in total. The Kier molecular flexibility index (Phi) is 4.66. The van der Waals surface area contributed by atoms with E-state index in [0.29, 0.717) is 6.61 Å². The summed E-state index contributed by atoms with van der Waals surface area (Å²) in [4.78, 5) is 4.30. The summed E-state index contributed by atoms with van der Waals surface area (Å²) < 4.78 is 9.15. The Bertz CT molecular complexity index is 481. The monoisotopic (exact) mass is 267 g/mol. The summed E-state index contributed by atoms with van der Waals surface area (Å²) in [5.41, 5.74) is 2.42. The lowest BCUT2D eigenvalue weighted by molar-refractivity contribution is 0.179. The number of nitrogens with zero attached hydrogens (tertiary/aromatic N) is 3. The van der Waals surface area contributed by atoms with Crippen LogP contribution in [0.25, 0.3) is 0 Å². The fraction of sp³-hybridized carbons (Fsp3) is 0.545. The summed E-state index contributed by atoms with van der Waals surface area (Å²) in [6.45, 7) is 3.39. The van der Waals surface area contributed by atoms with Crippen LogP contribution in [0.5, 0.6) is 0 Å². The van der Waals surface area contributed by atoms with Crippen molar-refractivity contribution in [3.8, 4) is 0 Å². The summed E-state index contributed by atoms with van der Waals surface area (Å²) in [6, 6.07) is 0. The molecule has 6 nitrogen and oxygen atoms in total. The number of aromatic amines is 1. The number of methoxy groups -OCH3 is 1. The number of hydrogen-bond acceptors (Lipinski definition) is 6. The van der Waals surface area contributed by atoms with Gasteiger partial charge in [-0.15, -0.1) is 0 Å². The smallest absolute Gasteiger partial charge is 0.202 e. The van der Waals surface area contributed by atoms with Gasteiger partial charge in [-0.05, 0) is 25.3 Å². The van der Waals surface area contributed by atoms with Crippen molar-refractivity contribution in [2.45, 2.75) is 26.4 Å². The molecule has 2 aromatic rings. The Balaban J connectivity index is 1.70. The van der Waals surface area contributed by atoms with Crippen LogP contribution in [0.15, 0.2) is 6.20 Å². The summed E-state index contributed by atoms with van der Waals surface area (Å²) in [6.07, 6.45) is 3.94. The molecule has 0 saturated heterocycles. The number of H-pyrrole nitrogens is 1. The molecule has 0 aromatic carbocycles. The van der Waals surface area contributed by atoms with Crippen LogP contribution < -0.4 is 5.32 Å². The van der Waals surface area contributed by atoms with Gasteiger partial charge in [0.2, 0.25) is 5.13 Å². The Labute approximate surface area is 110 Å².